The minimum atomic E-state index is -1.60. The zero-order chi connectivity index (χ0) is 15.6. The van der Waals surface area contributed by atoms with Gasteiger partial charge in [0, 0.05) is 5.57 Å². The summed E-state index contributed by atoms with van der Waals surface area (Å²) in [4.78, 5) is 12.5. The molecule has 3 heteroatoms. The number of hydrogen-bond acceptors (Lipinski definition) is 3. The third kappa shape index (κ3) is 2.75. The van der Waals surface area contributed by atoms with Crippen molar-refractivity contribution in [2.24, 2.45) is 0 Å². The standard InChI is InChI=1S/C18H24O3/c1-5-6-7-15-16(19)18(20,17(15)21-12(2)3)14-10-8-13(4)9-11-14/h8-12,20H,5-7H2,1-4H3. The molecular formula is C18H24O3. The van der Waals surface area contributed by atoms with Gasteiger partial charge in [-0.05, 0) is 39.2 Å². The van der Waals surface area contributed by atoms with E-state index >= 15 is 0 Å². The van der Waals surface area contributed by atoms with Crippen LogP contribution in [0, 0.1) is 6.92 Å². The lowest BCUT2D eigenvalue weighted by Crippen LogP contribution is -2.49. The first kappa shape index (κ1) is 15.8. The molecule has 0 saturated carbocycles. The molecule has 0 saturated heterocycles. The van der Waals surface area contributed by atoms with Crippen molar-refractivity contribution in [1.82, 2.24) is 0 Å². The number of benzene rings is 1. The Hall–Kier alpha value is -1.61. The molecular weight excluding hydrogens is 264 g/mol. The number of hydrogen-bond donors (Lipinski definition) is 1. The minimum Gasteiger partial charge on any atom is -0.491 e. The summed E-state index contributed by atoms with van der Waals surface area (Å²) in [5.41, 5.74) is 0.736. The van der Waals surface area contributed by atoms with Crippen molar-refractivity contribution >= 4 is 5.78 Å². The Morgan fingerprint density at radius 3 is 2.38 bits per heavy atom. The van der Waals surface area contributed by atoms with E-state index in [2.05, 4.69) is 6.92 Å². The Bertz CT molecular complexity index is 554. The fraction of sp³-hybridized carbons (Fsp3) is 0.500. The largest absolute Gasteiger partial charge is 0.491 e. The summed E-state index contributed by atoms with van der Waals surface area (Å²) in [7, 11) is 0. The number of carbonyl (C=O) groups excluding carboxylic acids is 1. The smallest absolute Gasteiger partial charge is 0.210 e. The second kappa shape index (κ2) is 6.02. The molecule has 0 amide bonds. The van der Waals surface area contributed by atoms with Gasteiger partial charge in [-0.2, -0.15) is 0 Å². The Kier molecular flexibility index (Phi) is 4.52. The summed E-state index contributed by atoms with van der Waals surface area (Å²) >= 11 is 0. The molecule has 21 heavy (non-hydrogen) atoms. The maximum atomic E-state index is 12.5. The van der Waals surface area contributed by atoms with Crippen LogP contribution in [0.4, 0.5) is 0 Å². The molecule has 0 spiro atoms. The molecule has 1 unspecified atom stereocenters. The number of rotatable bonds is 6. The molecule has 3 nitrogen and oxygen atoms in total. The summed E-state index contributed by atoms with van der Waals surface area (Å²) in [6, 6.07) is 7.40. The van der Waals surface area contributed by atoms with Crippen LogP contribution in [-0.4, -0.2) is 17.0 Å². The van der Waals surface area contributed by atoms with Gasteiger partial charge >= 0.3 is 0 Å². The van der Waals surface area contributed by atoms with Crippen LogP contribution in [0.25, 0.3) is 0 Å². The molecule has 1 aliphatic rings. The monoisotopic (exact) mass is 288 g/mol. The molecule has 0 bridgehead atoms. The molecule has 2 rings (SSSR count). The van der Waals surface area contributed by atoms with Crippen LogP contribution in [0.3, 0.4) is 0 Å². The van der Waals surface area contributed by atoms with Crippen molar-refractivity contribution in [2.75, 3.05) is 0 Å². The number of ketones is 1. The number of unbranched alkanes of at least 4 members (excludes halogenated alkanes) is 1. The summed E-state index contributed by atoms with van der Waals surface area (Å²) in [5, 5.41) is 10.9. The summed E-state index contributed by atoms with van der Waals surface area (Å²) in [6.45, 7) is 7.87. The van der Waals surface area contributed by atoms with Gasteiger partial charge in [-0.15, -0.1) is 0 Å². The van der Waals surface area contributed by atoms with E-state index in [1.165, 1.54) is 0 Å². The molecule has 1 atom stereocenters. The highest BCUT2D eigenvalue weighted by atomic mass is 16.5. The van der Waals surface area contributed by atoms with Crippen molar-refractivity contribution in [3.63, 3.8) is 0 Å². The van der Waals surface area contributed by atoms with Crippen molar-refractivity contribution in [3.05, 3.63) is 46.7 Å². The van der Waals surface area contributed by atoms with Crippen LogP contribution in [0.2, 0.25) is 0 Å². The number of ether oxygens (including phenoxy) is 1. The van der Waals surface area contributed by atoms with E-state index in [1.807, 2.05) is 32.9 Å². The number of aryl methyl sites for hydroxylation is 1. The lowest BCUT2D eigenvalue weighted by atomic mass is 9.71. The highest BCUT2D eigenvalue weighted by Crippen LogP contribution is 2.46. The summed E-state index contributed by atoms with van der Waals surface area (Å²) in [6.07, 6.45) is 2.54. The quantitative estimate of drug-likeness (QED) is 0.869. The van der Waals surface area contributed by atoms with E-state index in [0.717, 1.165) is 18.4 Å². The van der Waals surface area contributed by atoms with Gasteiger partial charge in [0.25, 0.3) is 0 Å². The summed E-state index contributed by atoms with van der Waals surface area (Å²) < 4.78 is 5.78. The van der Waals surface area contributed by atoms with E-state index in [9.17, 15) is 9.90 Å². The van der Waals surface area contributed by atoms with Crippen LogP contribution < -0.4 is 0 Å². The number of aliphatic hydroxyl groups is 1. The fourth-order valence-corrected chi connectivity index (χ4v) is 2.61. The fourth-order valence-electron chi connectivity index (χ4n) is 2.61. The molecule has 114 valence electrons. The van der Waals surface area contributed by atoms with Gasteiger partial charge in [-0.25, -0.2) is 0 Å². The predicted molar refractivity (Wildman–Crippen MR) is 82.9 cm³/mol. The third-order valence-electron chi connectivity index (χ3n) is 3.81. The number of Topliss-reactive ketones (excluding diaryl/α,β-unsaturated/α-hetero) is 1. The Labute approximate surface area is 126 Å². The van der Waals surface area contributed by atoms with Gasteiger partial charge in [0.05, 0.1) is 6.10 Å². The van der Waals surface area contributed by atoms with Crippen LogP contribution in [0.15, 0.2) is 35.6 Å². The van der Waals surface area contributed by atoms with Gasteiger partial charge < -0.3 is 9.84 Å². The van der Waals surface area contributed by atoms with Gasteiger partial charge in [-0.3, -0.25) is 4.79 Å². The normalized spacial score (nSPS) is 21.7. The third-order valence-corrected chi connectivity index (χ3v) is 3.81. The minimum absolute atomic E-state index is 0.0679. The highest BCUT2D eigenvalue weighted by molar-refractivity contribution is 6.12. The first-order chi connectivity index (χ1) is 9.91. The van der Waals surface area contributed by atoms with Gasteiger partial charge in [0.15, 0.2) is 0 Å². The lowest BCUT2D eigenvalue weighted by molar-refractivity contribution is -0.143. The topological polar surface area (TPSA) is 46.5 Å². The molecule has 1 aliphatic carbocycles. The molecule has 1 aromatic carbocycles. The molecule has 0 radical (unpaired) electrons. The van der Waals surface area contributed by atoms with E-state index in [1.54, 1.807) is 12.1 Å². The Balaban J connectivity index is 2.39. The molecule has 0 aromatic heterocycles. The second-order valence-electron chi connectivity index (χ2n) is 5.98. The van der Waals surface area contributed by atoms with Crippen LogP contribution in [0.5, 0.6) is 0 Å². The molecule has 0 heterocycles. The molecule has 1 N–H and O–H groups in total. The van der Waals surface area contributed by atoms with Crippen molar-refractivity contribution in [3.8, 4) is 0 Å². The number of carbonyl (C=O) groups is 1. The second-order valence-corrected chi connectivity index (χ2v) is 5.98. The van der Waals surface area contributed by atoms with Gasteiger partial charge in [0.2, 0.25) is 11.4 Å². The first-order valence-corrected chi connectivity index (χ1v) is 7.65. The van der Waals surface area contributed by atoms with E-state index in [4.69, 9.17) is 4.74 Å². The maximum Gasteiger partial charge on any atom is 0.210 e. The molecule has 0 aliphatic heterocycles. The average Bonchev–Trinajstić information content (AvgIpc) is 2.46. The summed E-state index contributed by atoms with van der Waals surface area (Å²) in [5.74, 6) is 0.232. The average molecular weight is 288 g/mol. The molecule has 1 aromatic rings. The predicted octanol–water partition coefficient (Wildman–Crippen LogP) is 3.63. The first-order valence-electron chi connectivity index (χ1n) is 7.65. The Morgan fingerprint density at radius 1 is 1.24 bits per heavy atom. The maximum absolute atomic E-state index is 12.5. The van der Waals surface area contributed by atoms with E-state index < -0.39 is 5.60 Å². The van der Waals surface area contributed by atoms with Crippen molar-refractivity contribution in [2.45, 2.75) is 58.7 Å². The SMILES string of the molecule is CCCCC1=C(OC(C)C)C(O)(c2ccc(C)cc2)C1=O. The van der Waals surface area contributed by atoms with Crippen molar-refractivity contribution < 1.29 is 14.6 Å². The zero-order valence-electron chi connectivity index (χ0n) is 13.3. The highest BCUT2D eigenvalue weighted by Gasteiger charge is 2.55. The lowest BCUT2D eigenvalue weighted by Gasteiger charge is -2.40. The molecule has 0 fully saturated rings. The zero-order valence-corrected chi connectivity index (χ0v) is 13.3. The van der Waals surface area contributed by atoms with Crippen LogP contribution >= 0.6 is 0 Å². The van der Waals surface area contributed by atoms with E-state index in [-0.39, 0.29) is 11.9 Å². The van der Waals surface area contributed by atoms with E-state index in [0.29, 0.717) is 23.3 Å². The Morgan fingerprint density at radius 2 is 1.86 bits per heavy atom. The van der Waals surface area contributed by atoms with Crippen LogP contribution in [-0.2, 0) is 15.1 Å². The van der Waals surface area contributed by atoms with Crippen LogP contribution in [0.1, 0.15) is 51.2 Å². The van der Waals surface area contributed by atoms with Gasteiger partial charge in [0.1, 0.15) is 5.76 Å². The van der Waals surface area contributed by atoms with Gasteiger partial charge in [-0.1, -0.05) is 43.2 Å². The van der Waals surface area contributed by atoms with Crippen molar-refractivity contribution in [1.29, 1.82) is 0 Å².